The Morgan fingerprint density at radius 1 is 0.510 bits per heavy atom. The fourth-order valence-corrected chi connectivity index (χ4v) is 9.56. The van der Waals surface area contributed by atoms with Crippen molar-refractivity contribution in [2.75, 3.05) is 0 Å². The van der Waals surface area contributed by atoms with Crippen LogP contribution in [0.5, 0.6) is 0 Å². The van der Waals surface area contributed by atoms with Gasteiger partial charge in [-0.3, -0.25) is 0 Å². The van der Waals surface area contributed by atoms with Crippen molar-refractivity contribution in [3.8, 4) is 11.1 Å². The van der Waals surface area contributed by atoms with E-state index in [1.807, 2.05) is 23.5 Å². The minimum absolute atomic E-state index is 0.903. The molecule has 51 heavy (non-hydrogen) atoms. The maximum Gasteiger partial charge on any atom is 0.136 e. The van der Waals surface area contributed by atoms with Gasteiger partial charge in [0.05, 0.1) is 0 Å². The first-order valence-corrected chi connectivity index (χ1v) is 18.2. The number of para-hydroxylation sites is 1. The average Bonchev–Trinajstić information content (AvgIpc) is 3.83. The summed E-state index contributed by atoms with van der Waals surface area (Å²) in [4.78, 5) is 0. The lowest BCUT2D eigenvalue weighted by Crippen LogP contribution is -1.92. The van der Waals surface area contributed by atoms with Crippen LogP contribution in [0.4, 0.5) is 0 Å². The highest BCUT2D eigenvalue weighted by Crippen LogP contribution is 2.45. The number of thiophene rings is 1. The van der Waals surface area contributed by atoms with Gasteiger partial charge in [-0.25, -0.2) is 0 Å². The number of furan rings is 2. The SMILES string of the molecule is C/C(=C\c1oc2ccccc2c1C)c1c2ccccc2c(-c2ccc3oc4cc5ccc6sc7ccccc7c6c5cc4c3c2)c2ccccc12. The molecule has 0 radical (unpaired) electrons. The molecule has 240 valence electrons. The second-order valence-corrected chi connectivity index (χ2v) is 14.8. The van der Waals surface area contributed by atoms with E-state index in [2.05, 4.69) is 147 Å². The lowest BCUT2D eigenvalue weighted by molar-refractivity contribution is 0.601. The van der Waals surface area contributed by atoms with E-state index in [0.717, 1.165) is 44.2 Å². The first kappa shape index (κ1) is 28.7. The number of allylic oxidation sites excluding steroid dienone is 1. The number of hydrogen-bond donors (Lipinski definition) is 0. The molecule has 3 aromatic heterocycles. The van der Waals surface area contributed by atoms with Crippen LogP contribution >= 0.6 is 11.3 Å². The van der Waals surface area contributed by atoms with Crippen molar-refractivity contribution in [1.82, 2.24) is 0 Å². The van der Waals surface area contributed by atoms with Crippen LogP contribution < -0.4 is 0 Å². The van der Waals surface area contributed by atoms with Gasteiger partial charge in [0.1, 0.15) is 22.5 Å². The Bertz CT molecular complexity index is 3220. The zero-order chi connectivity index (χ0) is 33.8. The molecule has 0 fully saturated rings. The van der Waals surface area contributed by atoms with Crippen LogP contribution in [0.25, 0.3) is 108 Å². The normalized spacial score (nSPS) is 12.6. The molecule has 11 aromatic rings. The lowest BCUT2D eigenvalue weighted by atomic mass is 9.85. The van der Waals surface area contributed by atoms with Crippen molar-refractivity contribution in [3.63, 3.8) is 0 Å². The highest BCUT2D eigenvalue weighted by molar-refractivity contribution is 7.26. The average molecular weight is 671 g/mol. The van der Waals surface area contributed by atoms with E-state index in [9.17, 15) is 0 Å². The minimum atomic E-state index is 0.903. The monoisotopic (exact) mass is 670 g/mol. The van der Waals surface area contributed by atoms with Gasteiger partial charge in [0.2, 0.25) is 0 Å². The molecule has 0 saturated heterocycles. The van der Waals surface area contributed by atoms with E-state index < -0.39 is 0 Å². The van der Waals surface area contributed by atoms with Gasteiger partial charge in [-0.15, -0.1) is 11.3 Å². The quantitative estimate of drug-likeness (QED) is 0.175. The molecule has 0 spiro atoms. The van der Waals surface area contributed by atoms with Crippen LogP contribution in [0.1, 0.15) is 23.8 Å². The van der Waals surface area contributed by atoms with Crippen molar-refractivity contribution in [2.24, 2.45) is 0 Å². The van der Waals surface area contributed by atoms with E-state index >= 15 is 0 Å². The van der Waals surface area contributed by atoms with Gasteiger partial charge >= 0.3 is 0 Å². The van der Waals surface area contributed by atoms with Crippen LogP contribution in [0.15, 0.2) is 148 Å². The van der Waals surface area contributed by atoms with Crippen LogP contribution in [0, 0.1) is 6.92 Å². The predicted molar refractivity (Wildman–Crippen MR) is 219 cm³/mol. The Morgan fingerprint density at radius 3 is 1.92 bits per heavy atom. The zero-order valence-corrected chi connectivity index (χ0v) is 28.9. The number of aryl methyl sites for hydroxylation is 1. The summed E-state index contributed by atoms with van der Waals surface area (Å²) >= 11 is 1.86. The van der Waals surface area contributed by atoms with Crippen molar-refractivity contribution in [2.45, 2.75) is 13.8 Å². The second-order valence-electron chi connectivity index (χ2n) is 13.7. The summed E-state index contributed by atoms with van der Waals surface area (Å²) in [6.07, 6.45) is 2.21. The zero-order valence-electron chi connectivity index (χ0n) is 28.1. The summed E-state index contributed by atoms with van der Waals surface area (Å²) < 4.78 is 15.5. The summed E-state index contributed by atoms with van der Waals surface area (Å²) in [6.45, 7) is 4.36. The molecule has 2 nitrogen and oxygen atoms in total. The van der Waals surface area contributed by atoms with Gasteiger partial charge in [-0.05, 0) is 117 Å². The summed E-state index contributed by atoms with van der Waals surface area (Å²) in [5.41, 5.74) is 8.73. The molecule has 11 rings (SSSR count). The highest BCUT2D eigenvalue weighted by Gasteiger charge is 2.19. The van der Waals surface area contributed by atoms with Crippen LogP contribution in [-0.4, -0.2) is 0 Å². The molecule has 0 N–H and O–H groups in total. The van der Waals surface area contributed by atoms with Crippen LogP contribution in [0.2, 0.25) is 0 Å². The molecule has 3 heterocycles. The third-order valence-electron chi connectivity index (χ3n) is 10.8. The summed E-state index contributed by atoms with van der Waals surface area (Å²) in [5.74, 6) is 0.906. The third kappa shape index (κ3) is 4.16. The molecule has 0 aliphatic heterocycles. The molecule has 3 heteroatoms. The molecule has 0 saturated carbocycles. The van der Waals surface area contributed by atoms with E-state index in [1.54, 1.807) is 0 Å². The van der Waals surface area contributed by atoms with Crippen LogP contribution in [0.3, 0.4) is 0 Å². The van der Waals surface area contributed by atoms with Crippen molar-refractivity contribution < 1.29 is 8.83 Å². The summed E-state index contributed by atoms with van der Waals surface area (Å²) in [6, 6.07) is 50.5. The Labute approximate surface area is 297 Å². The number of fused-ring (bicyclic) bond motifs is 11. The molecular weight excluding hydrogens is 641 g/mol. The van der Waals surface area contributed by atoms with Crippen LogP contribution in [-0.2, 0) is 0 Å². The maximum atomic E-state index is 6.53. The van der Waals surface area contributed by atoms with Gasteiger partial charge < -0.3 is 8.83 Å². The minimum Gasteiger partial charge on any atom is -0.456 e. The van der Waals surface area contributed by atoms with Gasteiger partial charge in [-0.1, -0.05) is 97.1 Å². The second kappa shape index (κ2) is 10.7. The van der Waals surface area contributed by atoms with E-state index in [4.69, 9.17) is 8.83 Å². The van der Waals surface area contributed by atoms with Gasteiger partial charge in [-0.2, -0.15) is 0 Å². The Morgan fingerprint density at radius 2 is 1.16 bits per heavy atom. The molecule has 0 bridgehead atoms. The standard InChI is InChI=1S/C48H30O2S/c1-27(23-42-28(2)31-11-7-9-17-40(31)49-42)46-32-12-3-5-14-34(32)47(35-15-6-4-13-33(35)46)30-19-21-41-38(24-30)39-26-37-29(25-43(39)50-41)20-22-45-48(37)36-16-8-10-18-44(36)51-45/h3-26H,1-2H3/b27-23+. The third-order valence-corrected chi connectivity index (χ3v) is 11.9. The molecule has 0 amide bonds. The Kier molecular flexibility index (Phi) is 5.99. The van der Waals surface area contributed by atoms with E-state index in [0.29, 0.717) is 0 Å². The lowest BCUT2D eigenvalue weighted by Gasteiger charge is -2.18. The molecular formula is C48H30O2S. The highest BCUT2D eigenvalue weighted by atomic mass is 32.1. The largest absolute Gasteiger partial charge is 0.456 e. The number of hydrogen-bond acceptors (Lipinski definition) is 3. The fraction of sp³-hybridized carbons (Fsp3) is 0.0417. The Balaban J connectivity index is 1.16. The van der Waals surface area contributed by atoms with Crippen molar-refractivity contribution in [3.05, 3.63) is 156 Å². The number of rotatable bonds is 3. The molecule has 0 aliphatic rings. The fourth-order valence-electron chi connectivity index (χ4n) is 8.44. The van der Waals surface area contributed by atoms with Gasteiger partial charge in [0, 0.05) is 41.9 Å². The molecule has 0 aliphatic carbocycles. The van der Waals surface area contributed by atoms with Gasteiger partial charge in [0.25, 0.3) is 0 Å². The number of benzene rings is 8. The Hall–Kier alpha value is -6.16. The molecule has 0 unspecified atom stereocenters. The predicted octanol–water partition coefficient (Wildman–Crippen LogP) is 14.7. The van der Waals surface area contributed by atoms with Crippen molar-refractivity contribution >= 4 is 108 Å². The van der Waals surface area contributed by atoms with E-state index in [1.165, 1.54) is 74.8 Å². The van der Waals surface area contributed by atoms with E-state index in [-0.39, 0.29) is 0 Å². The summed E-state index contributed by atoms with van der Waals surface area (Å²) in [7, 11) is 0. The summed E-state index contributed by atoms with van der Waals surface area (Å²) in [5, 5.41) is 13.5. The maximum absolute atomic E-state index is 6.53. The van der Waals surface area contributed by atoms with Gasteiger partial charge in [0.15, 0.2) is 0 Å². The smallest absolute Gasteiger partial charge is 0.136 e. The topological polar surface area (TPSA) is 26.3 Å². The molecule has 8 aromatic carbocycles. The van der Waals surface area contributed by atoms with Crippen molar-refractivity contribution in [1.29, 1.82) is 0 Å². The first-order valence-electron chi connectivity index (χ1n) is 17.4. The molecule has 0 atom stereocenters. The first-order chi connectivity index (χ1) is 25.1.